The first kappa shape index (κ1) is 20.5. The van der Waals surface area contributed by atoms with Crippen LogP contribution in [0.2, 0.25) is 0 Å². The van der Waals surface area contributed by atoms with Crippen molar-refractivity contribution in [3.8, 4) is 17.1 Å². The Labute approximate surface area is 199 Å². The van der Waals surface area contributed by atoms with Gasteiger partial charge in [-0.2, -0.15) is 0 Å². The van der Waals surface area contributed by atoms with Crippen molar-refractivity contribution in [3.05, 3.63) is 87.3 Å². The Morgan fingerprint density at radius 1 is 0.906 bits per heavy atom. The minimum Gasteiger partial charge on any atom is -0.493 e. The smallest absolute Gasteiger partial charge is 0.296 e. The summed E-state index contributed by atoms with van der Waals surface area (Å²) in [5.41, 5.74) is 3.51. The molecule has 0 fully saturated rings. The molecule has 0 saturated carbocycles. The van der Waals surface area contributed by atoms with Crippen molar-refractivity contribution < 1.29 is 9.90 Å². The lowest BCUT2D eigenvalue weighted by Gasteiger charge is -2.07. The molecule has 0 bridgehead atoms. The van der Waals surface area contributed by atoms with Crippen molar-refractivity contribution in [1.29, 1.82) is 0 Å². The number of amides is 1. The minimum atomic E-state index is -0.522. The SMILES string of the molecule is O=C(N=Nc1c(O)[nH]c2ccc(Br)cc12)c1cc(-c2ccc(Br)cc2)nc2ccccc12. The summed E-state index contributed by atoms with van der Waals surface area (Å²) < 4.78 is 1.78. The molecular formula is C24H14Br2N4O2. The van der Waals surface area contributed by atoms with Gasteiger partial charge in [-0.25, -0.2) is 4.98 Å². The number of hydrogen-bond donors (Lipinski definition) is 2. The highest BCUT2D eigenvalue weighted by Gasteiger charge is 2.16. The number of azo groups is 1. The van der Waals surface area contributed by atoms with Gasteiger partial charge in [-0.3, -0.25) is 4.79 Å². The van der Waals surface area contributed by atoms with E-state index in [-0.39, 0.29) is 11.6 Å². The molecule has 0 saturated heterocycles. The number of pyridine rings is 1. The summed E-state index contributed by atoms with van der Waals surface area (Å²) >= 11 is 6.84. The van der Waals surface area contributed by atoms with Gasteiger partial charge >= 0.3 is 0 Å². The van der Waals surface area contributed by atoms with E-state index in [1.807, 2.05) is 54.6 Å². The average Bonchev–Trinajstić information content (AvgIpc) is 3.11. The molecule has 2 heterocycles. The van der Waals surface area contributed by atoms with Crippen LogP contribution in [-0.4, -0.2) is 21.0 Å². The predicted octanol–water partition coefficient (Wildman–Crippen LogP) is 7.54. The lowest BCUT2D eigenvalue weighted by atomic mass is 10.0. The van der Waals surface area contributed by atoms with Gasteiger partial charge in [-0.05, 0) is 42.5 Å². The second-order valence-corrected chi connectivity index (χ2v) is 8.93. The zero-order chi connectivity index (χ0) is 22.2. The Kier molecular flexibility index (Phi) is 5.32. The highest BCUT2D eigenvalue weighted by molar-refractivity contribution is 9.10. The van der Waals surface area contributed by atoms with Crippen LogP contribution in [0, 0.1) is 0 Å². The molecule has 0 radical (unpaired) electrons. The molecule has 0 spiro atoms. The molecule has 32 heavy (non-hydrogen) atoms. The minimum absolute atomic E-state index is 0.148. The Balaban J connectivity index is 1.60. The number of carbonyl (C=O) groups excluding carboxylic acids is 1. The number of nitrogens with zero attached hydrogens (tertiary/aromatic N) is 3. The van der Waals surface area contributed by atoms with Crippen molar-refractivity contribution in [2.75, 3.05) is 0 Å². The maximum absolute atomic E-state index is 13.1. The molecule has 0 unspecified atom stereocenters. The summed E-state index contributed by atoms with van der Waals surface area (Å²) in [6, 6.07) is 22.3. The van der Waals surface area contributed by atoms with E-state index in [4.69, 9.17) is 4.98 Å². The number of rotatable bonds is 3. The summed E-state index contributed by atoms with van der Waals surface area (Å²) in [4.78, 5) is 20.7. The van der Waals surface area contributed by atoms with Crippen LogP contribution in [0.15, 0.2) is 92.0 Å². The lowest BCUT2D eigenvalue weighted by Crippen LogP contribution is -1.98. The van der Waals surface area contributed by atoms with Gasteiger partial charge in [0.05, 0.1) is 22.3 Å². The summed E-state index contributed by atoms with van der Waals surface area (Å²) in [5.74, 6) is -0.671. The quantitative estimate of drug-likeness (QED) is 0.228. The van der Waals surface area contributed by atoms with Crippen LogP contribution < -0.4 is 0 Å². The lowest BCUT2D eigenvalue weighted by molar-refractivity contribution is 0.0996. The van der Waals surface area contributed by atoms with E-state index in [0.717, 1.165) is 14.5 Å². The van der Waals surface area contributed by atoms with E-state index in [9.17, 15) is 9.90 Å². The van der Waals surface area contributed by atoms with E-state index in [0.29, 0.717) is 33.1 Å². The van der Waals surface area contributed by atoms with Crippen LogP contribution in [0.4, 0.5) is 5.69 Å². The fourth-order valence-corrected chi connectivity index (χ4v) is 4.13. The first-order valence-corrected chi connectivity index (χ1v) is 11.2. The molecular weight excluding hydrogens is 536 g/mol. The number of aromatic amines is 1. The van der Waals surface area contributed by atoms with Crippen molar-refractivity contribution in [2.45, 2.75) is 0 Å². The number of benzene rings is 3. The molecule has 8 heteroatoms. The van der Waals surface area contributed by atoms with E-state index >= 15 is 0 Å². The number of aromatic nitrogens is 2. The molecule has 0 atom stereocenters. The molecule has 6 nitrogen and oxygen atoms in total. The molecule has 0 aliphatic carbocycles. The molecule has 156 valence electrons. The van der Waals surface area contributed by atoms with E-state index < -0.39 is 5.91 Å². The topological polar surface area (TPSA) is 90.7 Å². The van der Waals surface area contributed by atoms with Gasteiger partial charge in [-0.15, -0.1) is 10.2 Å². The fourth-order valence-electron chi connectivity index (χ4n) is 3.51. The largest absolute Gasteiger partial charge is 0.493 e. The molecule has 3 aromatic carbocycles. The van der Waals surface area contributed by atoms with Gasteiger partial charge in [-0.1, -0.05) is 62.2 Å². The molecule has 5 rings (SSSR count). The number of aromatic hydroxyl groups is 1. The Hall–Kier alpha value is -3.36. The zero-order valence-electron chi connectivity index (χ0n) is 16.4. The molecule has 1 amide bonds. The molecule has 2 aromatic heterocycles. The van der Waals surface area contributed by atoms with Crippen LogP contribution in [0.3, 0.4) is 0 Å². The van der Waals surface area contributed by atoms with Gasteiger partial charge in [0.2, 0.25) is 5.88 Å². The third kappa shape index (κ3) is 3.83. The standard InChI is InChI=1S/C24H14Br2N4O2/c25-14-7-5-13(6-8-14)21-12-17(16-3-1-2-4-19(16)27-21)23(31)30-29-22-18-11-15(26)9-10-20(18)28-24(22)32/h1-12,28,32H. The Morgan fingerprint density at radius 3 is 2.47 bits per heavy atom. The van der Waals surface area contributed by atoms with Crippen LogP contribution >= 0.6 is 31.9 Å². The van der Waals surface area contributed by atoms with E-state index in [1.165, 1.54) is 0 Å². The summed E-state index contributed by atoms with van der Waals surface area (Å²) in [6.45, 7) is 0. The fraction of sp³-hybridized carbons (Fsp3) is 0. The summed E-state index contributed by atoms with van der Waals surface area (Å²) in [6.07, 6.45) is 0. The van der Waals surface area contributed by atoms with Crippen molar-refractivity contribution in [1.82, 2.24) is 9.97 Å². The Bertz CT molecular complexity index is 1530. The predicted molar refractivity (Wildman–Crippen MR) is 131 cm³/mol. The summed E-state index contributed by atoms with van der Waals surface area (Å²) in [7, 11) is 0. The molecule has 0 aliphatic rings. The monoisotopic (exact) mass is 548 g/mol. The van der Waals surface area contributed by atoms with Crippen molar-refractivity contribution in [3.63, 3.8) is 0 Å². The number of halogens is 2. The second kappa shape index (κ2) is 8.29. The third-order valence-corrected chi connectivity index (χ3v) is 6.06. The van der Waals surface area contributed by atoms with Crippen molar-refractivity contribution >= 4 is 65.3 Å². The van der Waals surface area contributed by atoms with Crippen LogP contribution in [0.5, 0.6) is 5.88 Å². The summed E-state index contributed by atoms with van der Waals surface area (Å²) in [5, 5.41) is 19.6. The average molecular weight is 550 g/mol. The molecule has 2 N–H and O–H groups in total. The number of para-hydroxylation sites is 1. The van der Waals surface area contributed by atoms with Crippen LogP contribution in [0.1, 0.15) is 10.4 Å². The number of H-pyrrole nitrogens is 1. The number of fused-ring (bicyclic) bond motifs is 2. The van der Waals surface area contributed by atoms with Gasteiger partial charge in [0.1, 0.15) is 0 Å². The van der Waals surface area contributed by atoms with E-state index in [2.05, 4.69) is 47.1 Å². The normalized spacial score (nSPS) is 11.6. The Morgan fingerprint density at radius 2 is 1.66 bits per heavy atom. The number of nitrogens with one attached hydrogen (secondary N) is 1. The van der Waals surface area contributed by atoms with Gasteiger partial charge in [0.15, 0.2) is 5.69 Å². The first-order valence-electron chi connectivity index (χ1n) is 9.61. The third-order valence-electron chi connectivity index (χ3n) is 5.04. The highest BCUT2D eigenvalue weighted by atomic mass is 79.9. The zero-order valence-corrected chi connectivity index (χ0v) is 19.6. The van der Waals surface area contributed by atoms with Gasteiger partial charge in [0.25, 0.3) is 5.91 Å². The second-order valence-electron chi connectivity index (χ2n) is 7.10. The maximum atomic E-state index is 13.1. The highest BCUT2D eigenvalue weighted by Crippen LogP contribution is 2.37. The van der Waals surface area contributed by atoms with Gasteiger partial charge < -0.3 is 10.1 Å². The maximum Gasteiger partial charge on any atom is 0.296 e. The van der Waals surface area contributed by atoms with Crippen molar-refractivity contribution in [2.24, 2.45) is 10.2 Å². The van der Waals surface area contributed by atoms with E-state index in [1.54, 1.807) is 18.2 Å². The number of carbonyl (C=O) groups is 1. The number of hydrogen-bond acceptors (Lipinski definition) is 4. The van der Waals surface area contributed by atoms with Crippen LogP contribution in [-0.2, 0) is 0 Å². The van der Waals surface area contributed by atoms with Gasteiger partial charge in [0, 0.05) is 25.3 Å². The molecule has 5 aromatic rings. The first-order chi connectivity index (χ1) is 15.5. The van der Waals surface area contributed by atoms with Crippen LogP contribution in [0.25, 0.3) is 33.1 Å². The molecule has 0 aliphatic heterocycles.